The normalized spacial score (nSPS) is 15.5. The summed E-state index contributed by atoms with van der Waals surface area (Å²) in [5.74, 6) is -0.597. The van der Waals surface area contributed by atoms with Gasteiger partial charge in [0.2, 0.25) is 0 Å². The fraction of sp³-hybridized carbons (Fsp3) is 0.346. The number of aryl methyl sites for hydroxylation is 1. The summed E-state index contributed by atoms with van der Waals surface area (Å²) in [5.41, 5.74) is 3.12. The van der Waals surface area contributed by atoms with E-state index in [-0.39, 0.29) is 17.9 Å². The van der Waals surface area contributed by atoms with Crippen LogP contribution in [0.15, 0.2) is 63.4 Å². The molecule has 2 aromatic carbocycles. The summed E-state index contributed by atoms with van der Waals surface area (Å²) in [6, 6.07) is 12.3. The first-order chi connectivity index (χ1) is 17.9. The van der Waals surface area contributed by atoms with E-state index in [2.05, 4.69) is 52.8 Å². The maximum Gasteiger partial charge on any atom is 0.265 e. The lowest BCUT2D eigenvalue weighted by Gasteiger charge is -2.22. The molecule has 2 heterocycles. The number of benzene rings is 2. The van der Waals surface area contributed by atoms with Crippen molar-refractivity contribution in [2.45, 2.75) is 44.6 Å². The van der Waals surface area contributed by atoms with E-state index in [4.69, 9.17) is 4.55 Å². The van der Waals surface area contributed by atoms with Gasteiger partial charge in [0.25, 0.3) is 25.2 Å². The van der Waals surface area contributed by atoms with E-state index < -0.39 is 20.2 Å². The smallest absolute Gasteiger partial charge is 0.265 e. The Labute approximate surface area is 232 Å². The van der Waals surface area contributed by atoms with Gasteiger partial charge in [0.1, 0.15) is 0 Å². The van der Waals surface area contributed by atoms with Gasteiger partial charge in [-0.3, -0.25) is 9.11 Å². The van der Waals surface area contributed by atoms with Crippen LogP contribution in [0, 0.1) is 6.92 Å². The molecule has 0 saturated carbocycles. The van der Waals surface area contributed by atoms with Crippen molar-refractivity contribution in [1.82, 2.24) is 0 Å². The Hall–Kier alpha value is -2.22. The molecular weight excluding hydrogens is 565 g/mol. The molecule has 0 spiro atoms. The molecular formula is C26H31N2O6S4+. The van der Waals surface area contributed by atoms with Gasteiger partial charge in [-0.15, -0.1) is 0 Å². The molecule has 38 heavy (non-hydrogen) atoms. The number of thioether (sulfide) groups is 1. The molecule has 1 aliphatic heterocycles. The molecule has 0 fully saturated rings. The van der Waals surface area contributed by atoms with Crippen molar-refractivity contribution in [1.29, 1.82) is 0 Å². The second-order valence-electron chi connectivity index (χ2n) is 9.09. The van der Waals surface area contributed by atoms with Crippen LogP contribution in [0.1, 0.15) is 36.9 Å². The first-order valence-electron chi connectivity index (χ1n) is 12.2. The van der Waals surface area contributed by atoms with Crippen molar-refractivity contribution in [2.75, 3.05) is 23.0 Å². The topological polar surface area (TPSA) is 116 Å². The maximum atomic E-state index is 11.4. The molecule has 0 radical (unpaired) electrons. The van der Waals surface area contributed by atoms with Crippen LogP contribution < -0.4 is 9.47 Å². The average molecular weight is 596 g/mol. The van der Waals surface area contributed by atoms with Gasteiger partial charge in [0, 0.05) is 36.2 Å². The Morgan fingerprint density at radius 3 is 2.45 bits per heavy atom. The third-order valence-corrected chi connectivity index (χ3v) is 9.99. The van der Waals surface area contributed by atoms with Gasteiger partial charge < -0.3 is 4.90 Å². The Bertz CT molecular complexity index is 1610. The van der Waals surface area contributed by atoms with E-state index in [0.29, 0.717) is 19.5 Å². The van der Waals surface area contributed by atoms with Crippen molar-refractivity contribution in [3.63, 3.8) is 0 Å². The number of rotatable bonds is 11. The molecule has 2 N–H and O–H groups in total. The predicted molar refractivity (Wildman–Crippen MR) is 155 cm³/mol. The largest absolute Gasteiger partial charge is 0.334 e. The summed E-state index contributed by atoms with van der Waals surface area (Å²) in [7, 11) is -8.07. The molecule has 1 aliphatic rings. The molecule has 0 unspecified atom stereocenters. The fourth-order valence-corrected chi connectivity index (χ4v) is 7.59. The summed E-state index contributed by atoms with van der Waals surface area (Å²) in [5, 5.41) is 6.16. The first-order valence-corrected chi connectivity index (χ1v) is 17.1. The van der Waals surface area contributed by atoms with Crippen LogP contribution in [0.2, 0.25) is 0 Å². The number of hydrogen-bond donors (Lipinski definition) is 2. The van der Waals surface area contributed by atoms with Crippen molar-refractivity contribution in [2.24, 2.45) is 0 Å². The minimum atomic E-state index is -4.06. The summed E-state index contributed by atoms with van der Waals surface area (Å²) in [4.78, 5) is 3.22. The molecule has 4 rings (SSSR count). The summed E-state index contributed by atoms with van der Waals surface area (Å²) >= 11 is 3.21. The van der Waals surface area contributed by atoms with E-state index in [0.717, 1.165) is 49.1 Å². The highest BCUT2D eigenvalue weighted by Crippen LogP contribution is 2.50. The molecule has 8 nitrogen and oxygen atoms in total. The quantitative estimate of drug-likeness (QED) is 0.227. The lowest BCUT2D eigenvalue weighted by Crippen LogP contribution is -2.38. The second-order valence-corrected chi connectivity index (χ2v) is 14.2. The highest BCUT2D eigenvalue weighted by Gasteiger charge is 2.28. The number of fused-ring (bicyclic) bond motifs is 3. The SMILES string of the molecule is CCC(=Cc1scc(C)[n+]1CCCS(=O)(=O)O)C=C1Sc2ccc3ccccc3c2N1CCCS(=O)(=O)O. The number of nitrogens with zero attached hydrogens (tertiary/aromatic N) is 2. The van der Waals surface area contributed by atoms with Crippen LogP contribution in [0.4, 0.5) is 5.69 Å². The van der Waals surface area contributed by atoms with Crippen LogP contribution in [0.5, 0.6) is 0 Å². The lowest BCUT2D eigenvalue weighted by atomic mass is 10.1. The Balaban J connectivity index is 1.68. The number of anilines is 1. The molecule has 0 saturated heterocycles. The van der Waals surface area contributed by atoms with E-state index in [9.17, 15) is 21.4 Å². The molecule has 0 amide bonds. The Morgan fingerprint density at radius 2 is 1.74 bits per heavy atom. The summed E-state index contributed by atoms with van der Waals surface area (Å²) in [6.45, 7) is 4.95. The van der Waals surface area contributed by atoms with Crippen LogP contribution in [0.3, 0.4) is 0 Å². The zero-order valence-corrected chi connectivity index (χ0v) is 24.5. The monoisotopic (exact) mass is 595 g/mol. The van der Waals surface area contributed by atoms with Crippen LogP contribution in [-0.4, -0.2) is 44.0 Å². The van der Waals surface area contributed by atoms with Gasteiger partial charge in [0.05, 0.1) is 27.6 Å². The minimum Gasteiger partial charge on any atom is -0.334 e. The van der Waals surface area contributed by atoms with Crippen molar-refractivity contribution >= 4 is 65.9 Å². The molecule has 0 aliphatic carbocycles. The van der Waals surface area contributed by atoms with Gasteiger partial charge in [0.15, 0.2) is 12.2 Å². The molecule has 12 heteroatoms. The number of allylic oxidation sites excluding steroid dienone is 2. The van der Waals surface area contributed by atoms with Crippen LogP contribution in [0.25, 0.3) is 16.8 Å². The zero-order chi connectivity index (χ0) is 27.5. The van der Waals surface area contributed by atoms with Crippen LogP contribution in [-0.2, 0) is 26.8 Å². The molecule has 0 atom stereocenters. The van der Waals surface area contributed by atoms with Gasteiger partial charge in [-0.25, -0.2) is 0 Å². The number of hydrogen-bond acceptors (Lipinski definition) is 7. The van der Waals surface area contributed by atoms with Crippen molar-refractivity contribution in [3.8, 4) is 0 Å². The summed E-state index contributed by atoms with van der Waals surface area (Å²) < 4.78 is 65.5. The van der Waals surface area contributed by atoms with Crippen LogP contribution >= 0.6 is 23.1 Å². The van der Waals surface area contributed by atoms with Crippen molar-refractivity contribution < 1.29 is 30.5 Å². The molecule has 1 aromatic heterocycles. The summed E-state index contributed by atoms with van der Waals surface area (Å²) in [6.07, 6.45) is 5.55. The lowest BCUT2D eigenvalue weighted by molar-refractivity contribution is -0.699. The van der Waals surface area contributed by atoms with Gasteiger partial charge >= 0.3 is 0 Å². The van der Waals surface area contributed by atoms with E-state index in [1.165, 1.54) is 0 Å². The molecule has 3 aromatic rings. The highest BCUT2D eigenvalue weighted by molar-refractivity contribution is 8.03. The molecule has 0 bridgehead atoms. The number of thiazole rings is 1. The van der Waals surface area contributed by atoms with E-state index >= 15 is 0 Å². The Morgan fingerprint density at radius 1 is 1.03 bits per heavy atom. The molecule has 204 valence electrons. The van der Waals surface area contributed by atoms with Gasteiger partial charge in [-0.1, -0.05) is 60.4 Å². The highest BCUT2D eigenvalue weighted by atomic mass is 32.2. The third kappa shape index (κ3) is 7.25. The van der Waals surface area contributed by atoms with Crippen molar-refractivity contribution in [3.05, 3.63) is 69.2 Å². The standard InChI is InChI=1S/C26H30N2O6S4/c1-3-20(16-24-27(19(2)18-35-24)12-6-14-37(29,30)31)17-25-28(13-7-15-38(32,33)34)26-22-9-5-4-8-21(22)10-11-23(26)36-25/h4-5,8-11,16-18H,3,6-7,12-15H2,1-2H3,(H-,29,30,31,32,33,34)/p+1. The van der Waals surface area contributed by atoms with Gasteiger partial charge in [-0.2, -0.15) is 21.4 Å². The minimum absolute atomic E-state index is 0.280. The second kappa shape index (κ2) is 11.9. The zero-order valence-electron chi connectivity index (χ0n) is 21.2. The fourth-order valence-electron chi connectivity index (χ4n) is 4.42. The van der Waals surface area contributed by atoms with Gasteiger partial charge in [-0.05, 0) is 35.9 Å². The average Bonchev–Trinajstić information content (AvgIpc) is 3.37. The first kappa shape index (κ1) is 28.8. The predicted octanol–water partition coefficient (Wildman–Crippen LogP) is 5.30. The third-order valence-electron chi connectivity index (χ3n) is 6.25. The Kier molecular flexibility index (Phi) is 9.00. The number of aromatic nitrogens is 1. The van der Waals surface area contributed by atoms with E-state index in [1.807, 2.05) is 24.4 Å². The maximum absolute atomic E-state index is 11.4. The van der Waals surface area contributed by atoms with E-state index in [1.54, 1.807) is 23.1 Å².